The number of fused-ring (bicyclic) bond motifs is 1. The van der Waals surface area contributed by atoms with E-state index >= 15 is 0 Å². The van der Waals surface area contributed by atoms with Gasteiger partial charge in [-0.1, -0.05) is 42.5 Å². The van der Waals surface area contributed by atoms with Gasteiger partial charge in [-0.05, 0) is 35.3 Å². The molecular formula is C21H23N3O3. The number of benzene rings is 2. The number of amides is 1. The summed E-state index contributed by atoms with van der Waals surface area (Å²) in [5, 5.41) is 22.8. The van der Waals surface area contributed by atoms with E-state index in [1.807, 2.05) is 48.7 Å². The minimum absolute atomic E-state index is 0.0444. The number of hydroxylamine groups is 1. The van der Waals surface area contributed by atoms with Crippen LogP contribution in [0.3, 0.4) is 0 Å². The van der Waals surface area contributed by atoms with Crippen molar-refractivity contribution in [2.75, 3.05) is 6.61 Å². The van der Waals surface area contributed by atoms with Crippen LogP contribution in [-0.2, 0) is 17.8 Å². The molecule has 6 heteroatoms. The van der Waals surface area contributed by atoms with Gasteiger partial charge in [0.2, 0.25) is 0 Å². The lowest BCUT2D eigenvalue weighted by Gasteiger charge is -2.16. The lowest BCUT2D eigenvalue weighted by molar-refractivity contribution is -0.124. The van der Waals surface area contributed by atoms with E-state index in [2.05, 4.69) is 16.4 Å². The molecule has 3 rings (SSSR count). The molecule has 6 nitrogen and oxygen atoms in total. The Bertz CT molecular complexity index is 916. The molecule has 0 bridgehead atoms. The Morgan fingerprint density at radius 3 is 2.67 bits per heavy atom. The smallest absolute Gasteiger partial charge is 0.267 e. The van der Waals surface area contributed by atoms with Crippen molar-refractivity contribution in [2.45, 2.75) is 19.0 Å². The molecule has 0 aliphatic rings. The SMILES string of the molecule is O=C(/C=C/c1ccc(CN[C@H](CO)Cc2c[nH]c3ccccc23)cc1)NO. The molecular weight excluding hydrogens is 342 g/mol. The monoisotopic (exact) mass is 365 g/mol. The van der Waals surface area contributed by atoms with Crippen molar-refractivity contribution in [2.24, 2.45) is 0 Å². The van der Waals surface area contributed by atoms with E-state index in [-0.39, 0.29) is 12.6 Å². The van der Waals surface area contributed by atoms with Crippen LogP contribution in [0.2, 0.25) is 0 Å². The summed E-state index contributed by atoms with van der Waals surface area (Å²) in [5.41, 5.74) is 5.77. The predicted octanol–water partition coefficient (Wildman–Crippen LogP) is 2.38. The number of aromatic amines is 1. The first-order chi connectivity index (χ1) is 13.2. The normalized spacial score (nSPS) is 12.5. The van der Waals surface area contributed by atoms with E-state index < -0.39 is 5.91 Å². The topological polar surface area (TPSA) is 97.4 Å². The Morgan fingerprint density at radius 2 is 1.93 bits per heavy atom. The molecule has 1 amide bonds. The molecule has 27 heavy (non-hydrogen) atoms. The summed E-state index contributed by atoms with van der Waals surface area (Å²) in [7, 11) is 0. The van der Waals surface area contributed by atoms with Crippen LogP contribution in [0.5, 0.6) is 0 Å². The zero-order valence-corrected chi connectivity index (χ0v) is 14.9. The Morgan fingerprint density at radius 1 is 1.15 bits per heavy atom. The van der Waals surface area contributed by atoms with E-state index in [9.17, 15) is 9.90 Å². The van der Waals surface area contributed by atoms with Crippen molar-refractivity contribution in [3.63, 3.8) is 0 Å². The minimum atomic E-state index is -0.566. The number of nitrogens with one attached hydrogen (secondary N) is 3. The number of carbonyl (C=O) groups excluding carboxylic acids is 1. The molecule has 2 aromatic carbocycles. The molecule has 5 N–H and O–H groups in total. The summed E-state index contributed by atoms with van der Waals surface area (Å²) in [4.78, 5) is 14.3. The van der Waals surface area contributed by atoms with Gasteiger partial charge in [-0.3, -0.25) is 10.0 Å². The van der Waals surface area contributed by atoms with Gasteiger partial charge in [0.05, 0.1) is 6.61 Å². The van der Waals surface area contributed by atoms with Crippen LogP contribution in [0.4, 0.5) is 0 Å². The number of carbonyl (C=O) groups is 1. The van der Waals surface area contributed by atoms with Gasteiger partial charge in [-0.2, -0.15) is 0 Å². The van der Waals surface area contributed by atoms with Crippen LogP contribution >= 0.6 is 0 Å². The van der Waals surface area contributed by atoms with E-state index in [4.69, 9.17) is 5.21 Å². The fourth-order valence-electron chi connectivity index (χ4n) is 2.99. The highest BCUT2D eigenvalue weighted by Gasteiger charge is 2.11. The lowest BCUT2D eigenvalue weighted by atomic mass is 10.0. The second-order valence-corrected chi connectivity index (χ2v) is 6.37. The molecule has 0 saturated heterocycles. The third-order valence-electron chi connectivity index (χ3n) is 4.47. The number of hydrogen-bond acceptors (Lipinski definition) is 4. The number of para-hydroxylation sites is 1. The Hall–Kier alpha value is -2.93. The summed E-state index contributed by atoms with van der Waals surface area (Å²) >= 11 is 0. The number of aliphatic hydroxyl groups excluding tert-OH is 1. The van der Waals surface area contributed by atoms with Crippen LogP contribution in [-0.4, -0.2) is 33.9 Å². The molecule has 1 aromatic heterocycles. The second kappa shape index (κ2) is 9.14. The number of H-pyrrole nitrogens is 1. The van der Waals surface area contributed by atoms with Crippen molar-refractivity contribution in [3.8, 4) is 0 Å². The number of aliphatic hydroxyl groups is 1. The first kappa shape index (κ1) is 18.8. The van der Waals surface area contributed by atoms with Crippen molar-refractivity contribution in [1.82, 2.24) is 15.8 Å². The average molecular weight is 365 g/mol. The molecule has 0 aliphatic heterocycles. The first-order valence-electron chi connectivity index (χ1n) is 8.80. The summed E-state index contributed by atoms with van der Waals surface area (Å²) < 4.78 is 0. The van der Waals surface area contributed by atoms with Crippen molar-refractivity contribution in [3.05, 3.63) is 77.5 Å². The maximum Gasteiger partial charge on any atom is 0.267 e. The standard InChI is InChI=1S/C21H23N3O3/c25-14-18(11-17-13-23-20-4-2-1-3-19(17)20)22-12-16-7-5-15(6-8-16)9-10-21(26)24-27/h1-10,13,18,22-23,25,27H,11-12,14H2,(H,24,26)/b10-9+/t18-/m0/s1. The van der Waals surface area contributed by atoms with E-state index in [1.54, 1.807) is 11.6 Å². The van der Waals surface area contributed by atoms with Crippen LogP contribution in [0.15, 0.2) is 60.8 Å². The summed E-state index contributed by atoms with van der Waals surface area (Å²) in [6.45, 7) is 0.686. The van der Waals surface area contributed by atoms with Crippen LogP contribution < -0.4 is 10.8 Å². The molecule has 0 spiro atoms. The Kier molecular flexibility index (Phi) is 6.38. The van der Waals surface area contributed by atoms with Crippen LogP contribution in [0.25, 0.3) is 17.0 Å². The van der Waals surface area contributed by atoms with Crippen LogP contribution in [0, 0.1) is 0 Å². The summed E-state index contributed by atoms with van der Waals surface area (Å²) in [5.74, 6) is -0.566. The molecule has 0 saturated carbocycles. The third kappa shape index (κ3) is 5.04. The third-order valence-corrected chi connectivity index (χ3v) is 4.47. The highest BCUT2D eigenvalue weighted by atomic mass is 16.5. The van der Waals surface area contributed by atoms with Crippen molar-refractivity contribution < 1.29 is 15.1 Å². The Labute approximate surface area is 157 Å². The molecule has 0 fully saturated rings. The second-order valence-electron chi connectivity index (χ2n) is 6.37. The molecule has 3 aromatic rings. The predicted molar refractivity (Wildman–Crippen MR) is 105 cm³/mol. The number of rotatable bonds is 8. The van der Waals surface area contributed by atoms with Gasteiger partial charge in [0, 0.05) is 35.8 Å². The van der Waals surface area contributed by atoms with Gasteiger partial charge in [0.15, 0.2) is 0 Å². The Balaban J connectivity index is 1.57. The van der Waals surface area contributed by atoms with Crippen LogP contribution in [0.1, 0.15) is 16.7 Å². The average Bonchev–Trinajstić information content (AvgIpc) is 3.13. The van der Waals surface area contributed by atoms with Gasteiger partial charge in [-0.15, -0.1) is 0 Å². The molecule has 0 aliphatic carbocycles. The van der Waals surface area contributed by atoms with E-state index in [0.29, 0.717) is 6.54 Å². The lowest BCUT2D eigenvalue weighted by Crippen LogP contribution is -2.33. The molecule has 0 unspecified atom stereocenters. The van der Waals surface area contributed by atoms with Gasteiger partial charge in [0.25, 0.3) is 5.91 Å². The number of hydrogen-bond donors (Lipinski definition) is 5. The van der Waals surface area contributed by atoms with Gasteiger partial charge in [0.1, 0.15) is 0 Å². The van der Waals surface area contributed by atoms with E-state index in [1.165, 1.54) is 17.0 Å². The minimum Gasteiger partial charge on any atom is -0.395 e. The first-order valence-corrected chi connectivity index (χ1v) is 8.80. The molecule has 1 atom stereocenters. The quantitative estimate of drug-likeness (QED) is 0.240. The molecule has 0 radical (unpaired) electrons. The van der Waals surface area contributed by atoms with Crippen molar-refractivity contribution >= 4 is 22.9 Å². The van der Waals surface area contributed by atoms with Crippen molar-refractivity contribution in [1.29, 1.82) is 0 Å². The highest BCUT2D eigenvalue weighted by Crippen LogP contribution is 2.19. The zero-order chi connectivity index (χ0) is 19.1. The largest absolute Gasteiger partial charge is 0.395 e. The summed E-state index contributed by atoms with van der Waals surface area (Å²) in [6, 6.07) is 15.8. The van der Waals surface area contributed by atoms with Gasteiger partial charge < -0.3 is 15.4 Å². The summed E-state index contributed by atoms with van der Waals surface area (Å²) in [6.07, 6.45) is 5.61. The highest BCUT2D eigenvalue weighted by molar-refractivity contribution is 5.90. The fourth-order valence-corrected chi connectivity index (χ4v) is 2.99. The fraction of sp³-hybridized carbons (Fsp3) is 0.190. The van der Waals surface area contributed by atoms with E-state index in [0.717, 1.165) is 23.1 Å². The zero-order valence-electron chi connectivity index (χ0n) is 14.9. The molecule has 1 heterocycles. The number of aromatic nitrogens is 1. The van der Waals surface area contributed by atoms with Gasteiger partial charge >= 0.3 is 0 Å². The maximum atomic E-state index is 11.0. The molecule has 140 valence electrons. The maximum absolute atomic E-state index is 11.0. The van der Waals surface area contributed by atoms with Gasteiger partial charge in [-0.25, -0.2) is 5.48 Å².